The first-order chi connectivity index (χ1) is 10.5. The third-order valence-corrected chi connectivity index (χ3v) is 3.55. The molecule has 24 heavy (non-hydrogen) atoms. The Hall–Kier alpha value is -1.63. The van der Waals surface area contributed by atoms with E-state index in [4.69, 9.17) is 0 Å². The van der Waals surface area contributed by atoms with Crippen LogP contribution in [0.1, 0.15) is 28.2 Å². The normalized spacial score (nSPS) is 14.4. The Morgan fingerprint density at radius 3 is 2.04 bits per heavy atom. The van der Waals surface area contributed by atoms with Crippen molar-refractivity contribution < 1.29 is 29.7 Å². The van der Waals surface area contributed by atoms with Crippen molar-refractivity contribution in [1.29, 1.82) is 0 Å². The van der Waals surface area contributed by atoms with Gasteiger partial charge in [0.1, 0.15) is 0 Å². The van der Waals surface area contributed by atoms with Crippen LogP contribution >= 0.6 is 7.81 Å². The van der Waals surface area contributed by atoms with Gasteiger partial charge < -0.3 is 4.98 Å². The summed E-state index contributed by atoms with van der Waals surface area (Å²) in [5, 5.41) is 0. The molecule has 0 unspecified atom stereocenters. The second kappa shape index (κ2) is 6.02. The van der Waals surface area contributed by atoms with Crippen LogP contribution < -0.4 is 4.57 Å². The van der Waals surface area contributed by atoms with Crippen LogP contribution in [0.15, 0.2) is 18.6 Å². The zero-order valence-corrected chi connectivity index (χ0v) is 14.7. The van der Waals surface area contributed by atoms with E-state index in [0.717, 1.165) is 13.0 Å². The Morgan fingerprint density at radius 1 is 1.04 bits per heavy atom. The summed E-state index contributed by atoms with van der Waals surface area (Å²) in [7, 11) is -10.7. The molecule has 0 amide bonds. The Kier molecular flexibility index (Phi) is 5.12. The van der Waals surface area contributed by atoms with Crippen LogP contribution in [0.2, 0.25) is 0 Å². The van der Waals surface area contributed by atoms with E-state index in [0.29, 0.717) is 0 Å². The van der Waals surface area contributed by atoms with Gasteiger partial charge in [-0.3, -0.25) is 0 Å². The van der Waals surface area contributed by atoms with Crippen molar-refractivity contribution in [3.63, 3.8) is 0 Å². The summed E-state index contributed by atoms with van der Waals surface area (Å²) >= 11 is 0. The molecule has 2 aromatic heterocycles. The topological polar surface area (TPSA) is 32.6 Å². The minimum absolute atomic E-state index is 0.995. The molecule has 10 heteroatoms. The van der Waals surface area contributed by atoms with Gasteiger partial charge >= 0.3 is 33.0 Å². The molecule has 0 bridgehead atoms. The molecule has 0 aliphatic heterocycles. The molecule has 0 saturated carbocycles. The number of aryl methyl sites for hydroxylation is 3. The van der Waals surface area contributed by atoms with E-state index in [2.05, 4.69) is 48.3 Å². The Balaban J connectivity index is 0.000000351. The Bertz CT molecular complexity index is 697. The van der Waals surface area contributed by atoms with E-state index < -0.39 is 7.81 Å². The van der Waals surface area contributed by atoms with Crippen molar-refractivity contribution in [3.8, 4) is 0 Å². The molecule has 138 valence electrons. The maximum absolute atomic E-state index is 10.7. The van der Waals surface area contributed by atoms with E-state index in [1.54, 1.807) is 6.33 Å². The SMILES string of the molecule is Cc1cc(C)[n+](CCc2cnc[nH]2)c(C)c1C.F[P-](F)(F)(F)(F)F. The number of pyridine rings is 1. The van der Waals surface area contributed by atoms with Crippen molar-refractivity contribution in [2.75, 3.05) is 0 Å². The fourth-order valence-corrected chi connectivity index (χ4v) is 2.25. The van der Waals surface area contributed by atoms with Gasteiger partial charge in [0.05, 0.1) is 6.33 Å². The standard InChI is InChI=1S/C14H20N3.F6P/c1-10-7-11(2)17(13(4)12(10)3)6-5-14-8-15-9-16-14;1-7(2,3,4,5)6/h7-9H,5-6H2,1-4H3,(H,15,16);/q+1;-1. The number of nitrogens with zero attached hydrogens (tertiary/aromatic N) is 2. The van der Waals surface area contributed by atoms with Gasteiger partial charge in [0.25, 0.3) is 0 Å². The third-order valence-electron chi connectivity index (χ3n) is 3.55. The van der Waals surface area contributed by atoms with E-state index in [1.165, 1.54) is 28.2 Å². The molecule has 0 radical (unpaired) electrons. The van der Waals surface area contributed by atoms with Gasteiger partial charge in [0.15, 0.2) is 17.9 Å². The second-order valence-corrected chi connectivity index (χ2v) is 7.53. The first-order valence-corrected chi connectivity index (χ1v) is 9.08. The molecule has 0 aromatic carbocycles. The summed E-state index contributed by atoms with van der Waals surface area (Å²) in [5.74, 6) is 0. The number of H-pyrrole nitrogens is 1. The third kappa shape index (κ3) is 8.29. The van der Waals surface area contributed by atoms with Crippen LogP contribution in [0.5, 0.6) is 0 Å². The molecule has 3 nitrogen and oxygen atoms in total. The first-order valence-electron chi connectivity index (χ1n) is 7.05. The van der Waals surface area contributed by atoms with Crippen LogP contribution in [-0.2, 0) is 13.0 Å². The minimum atomic E-state index is -10.7. The number of rotatable bonds is 3. The van der Waals surface area contributed by atoms with E-state index >= 15 is 0 Å². The van der Waals surface area contributed by atoms with E-state index in [-0.39, 0.29) is 0 Å². The monoisotopic (exact) mass is 375 g/mol. The van der Waals surface area contributed by atoms with Gasteiger partial charge in [-0.25, -0.2) is 4.98 Å². The summed E-state index contributed by atoms with van der Waals surface area (Å²) in [6.45, 7) is 9.74. The molecule has 2 heterocycles. The number of nitrogens with one attached hydrogen (secondary N) is 1. The Labute approximate surface area is 136 Å². The summed E-state index contributed by atoms with van der Waals surface area (Å²) in [5.41, 5.74) is 6.64. The average Bonchev–Trinajstić information content (AvgIpc) is 2.85. The fraction of sp³-hybridized carbons (Fsp3) is 0.429. The van der Waals surface area contributed by atoms with Crippen LogP contribution in [0.3, 0.4) is 0 Å². The van der Waals surface area contributed by atoms with Crippen LogP contribution in [0.25, 0.3) is 0 Å². The van der Waals surface area contributed by atoms with Crippen molar-refractivity contribution in [1.82, 2.24) is 9.97 Å². The Morgan fingerprint density at radius 2 is 1.58 bits per heavy atom. The number of aromatic nitrogens is 3. The fourth-order valence-electron chi connectivity index (χ4n) is 2.25. The van der Waals surface area contributed by atoms with E-state index in [1.807, 2.05) is 6.20 Å². The first kappa shape index (κ1) is 20.4. The molecule has 2 aromatic rings. The molecule has 0 fully saturated rings. The molecular formula is C14H20F6N3P. The van der Waals surface area contributed by atoms with E-state index in [9.17, 15) is 25.2 Å². The molecule has 0 aliphatic rings. The number of halogens is 6. The van der Waals surface area contributed by atoms with Gasteiger partial charge in [-0.1, -0.05) is 0 Å². The average molecular weight is 375 g/mol. The van der Waals surface area contributed by atoms with Crippen LogP contribution in [-0.4, -0.2) is 9.97 Å². The van der Waals surface area contributed by atoms with Gasteiger partial charge in [-0.2, -0.15) is 4.57 Å². The number of hydrogen-bond donors (Lipinski definition) is 1. The second-order valence-electron chi connectivity index (χ2n) is 5.62. The van der Waals surface area contributed by atoms with Gasteiger partial charge in [-0.05, 0) is 19.4 Å². The molecule has 0 saturated heterocycles. The number of hydrogen-bond acceptors (Lipinski definition) is 1. The summed E-state index contributed by atoms with van der Waals surface area (Å²) in [6.07, 6.45) is 4.63. The predicted molar refractivity (Wildman–Crippen MR) is 81.4 cm³/mol. The number of aromatic amines is 1. The van der Waals surface area contributed by atoms with Crippen LogP contribution in [0.4, 0.5) is 25.2 Å². The van der Waals surface area contributed by atoms with Gasteiger partial charge in [-0.15, -0.1) is 0 Å². The molecule has 0 atom stereocenters. The molecule has 1 N–H and O–H groups in total. The summed E-state index contributed by atoms with van der Waals surface area (Å²) in [6, 6.07) is 2.26. The molecule has 2 rings (SSSR count). The van der Waals surface area contributed by atoms with Crippen molar-refractivity contribution in [2.24, 2.45) is 0 Å². The van der Waals surface area contributed by atoms with Gasteiger partial charge in [0, 0.05) is 43.8 Å². The molecule has 0 spiro atoms. The summed E-state index contributed by atoms with van der Waals surface area (Å²) < 4.78 is 61.6. The molecule has 0 aliphatic carbocycles. The zero-order chi connectivity index (χ0) is 18.8. The molecular weight excluding hydrogens is 355 g/mol. The zero-order valence-electron chi connectivity index (χ0n) is 13.8. The quantitative estimate of drug-likeness (QED) is 0.425. The van der Waals surface area contributed by atoms with Crippen molar-refractivity contribution >= 4 is 7.81 Å². The van der Waals surface area contributed by atoms with Gasteiger partial charge in [0.2, 0.25) is 0 Å². The van der Waals surface area contributed by atoms with Crippen molar-refractivity contribution in [2.45, 2.75) is 40.7 Å². The number of imidazole rings is 1. The maximum atomic E-state index is 9.87. The summed E-state index contributed by atoms with van der Waals surface area (Å²) in [4.78, 5) is 7.19. The predicted octanol–water partition coefficient (Wildman–Crippen LogP) is 5.56. The van der Waals surface area contributed by atoms with Crippen LogP contribution in [0, 0.1) is 27.7 Å². The van der Waals surface area contributed by atoms with Crippen molar-refractivity contribution in [3.05, 3.63) is 46.8 Å².